The van der Waals surface area contributed by atoms with Crippen molar-refractivity contribution >= 4 is 38.6 Å². The molecule has 4 nitrogen and oxygen atoms in total. The van der Waals surface area contributed by atoms with E-state index in [0.29, 0.717) is 22.2 Å². The van der Waals surface area contributed by atoms with Crippen LogP contribution in [-0.2, 0) is 10.0 Å². The molecule has 1 rings (SSSR count). The lowest BCUT2D eigenvalue weighted by molar-refractivity contribution is 0.480. The van der Waals surface area contributed by atoms with Crippen molar-refractivity contribution in [2.45, 2.75) is 10.6 Å². The first kappa shape index (κ1) is 12.6. The van der Waals surface area contributed by atoms with E-state index < -0.39 is 10.0 Å². The summed E-state index contributed by atoms with van der Waals surface area (Å²) < 4.78 is 25.3. The van der Waals surface area contributed by atoms with Crippen LogP contribution in [0.4, 0.5) is 0 Å². The van der Waals surface area contributed by atoms with Gasteiger partial charge in [-0.25, -0.2) is 8.42 Å². The average Bonchev–Trinajstić information content (AvgIpc) is 2.66. The fourth-order valence-electron chi connectivity index (χ4n) is 0.952. The van der Waals surface area contributed by atoms with Gasteiger partial charge in [0.2, 0.25) is 0 Å². The van der Waals surface area contributed by atoms with Crippen molar-refractivity contribution in [1.29, 1.82) is 0 Å². The summed E-state index contributed by atoms with van der Waals surface area (Å²) in [7, 11) is -1.83. The van der Waals surface area contributed by atoms with E-state index in [2.05, 4.69) is 0 Å². The Kier molecular flexibility index (Phi) is 4.21. The quantitative estimate of drug-likeness (QED) is 0.807. The Morgan fingerprint density at radius 2 is 2.33 bits per heavy atom. The molecule has 0 spiro atoms. The van der Waals surface area contributed by atoms with Crippen molar-refractivity contribution in [1.82, 2.24) is 4.31 Å². The lowest BCUT2D eigenvalue weighted by atomic mass is 10.4. The molecule has 0 aromatic carbocycles. The lowest BCUT2D eigenvalue weighted by Gasteiger charge is -2.15. The summed E-state index contributed by atoms with van der Waals surface area (Å²) in [5, 5.41) is 1.73. The highest BCUT2D eigenvalue weighted by molar-refractivity contribution is 7.91. The zero-order valence-electron chi connectivity index (χ0n) is 8.21. The number of rotatable bonds is 5. The third-order valence-electron chi connectivity index (χ3n) is 1.83. The van der Waals surface area contributed by atoms with E-state index in [1.165, 1.54) is 22.7 Å². The maximum absolute atomic E-state index is 11.9. The summed E-state index contributed by atoms with van der Waals surface area (Å²) in [5.74, 6) is 0. The van der Waals surface area contributed by atoms with E-state index in [0.717, 1.165) is 0 Å². The molecule has 0 bridgehead atoms. The Labute approximate surface area is 98.8 Å². The van der Waals surface area contributed by atoms with E-state index >= 15 is 0 Å². The van der Waals surface area contributed by atoms with Gasteiger partial charge in [-0.2, -0.15) is 4.31 Å². The Bertz CT molecular complexity index is 425. The van der Waals surface area contributed by atoms with Crippen LogP contribution in [0.5, 0.6) is 0 Å². The van der Waals surface area contributed by atoms with Crippen LogP contribution in [-0.4, -0.2) is 31.3 Å². The molecule has 0 aliphatic rings. The standard InChI is InChI=1S/C8H12N2O2S3/c1-10(5-4-7(9)13)15(11,12)8-3-2-6-14-8/h2-3,6H,4-5H2,1H3,(H2,9,13). The van der Waals surface area contributed by atoms with Gasteiger partial charge in [0.05, 0.1) is 4.99 Å². The van der Waals surface area contributed by atoms with E-state index in [1.807, 2.05) is 0 Å². The van der Waals surface area contributed by atoms with Crippen LogP contribution in [0.1, 0.15) is 6.42 Å². The molecule has 0 aliphatic heterocycles. The van der Waals surface area contributed by atoms with Gasteiger partial charge in [0.15, 0.2) is 0 Å². The molecule has 0 radical (unpaired) electrons. The second-order valence-corrected chi connectivity index (χ2v) is 6.72. The minimum Gasteiger partial charge on any atom is -0.393 e. The van der Waals surface area contributed by atoms with Crippen LogP contribution in [0.2, 0.25) is 0 Å². The van der Waals surface area contributed by atoms with E-state index in [4.69, 9.17) is 18.0 Å². The lowest BCUT2D eigenvalue weighted by Crippen LogP contribution is -2.29. The first-order valence-electron chi connectivity index (χ1n) is 4.22. The number of sulfonamides is 1. The number of thiocarbonyl (C=S) groups is 1. The van der Waals surface area contributed by atoms with Gasteiger partial charge in [-0.05, 0) is 11.4 Å². The molecule has 0 fully saturated rings. The highest BCUT2D eigenvalue weighted by Gasteiger charge is 2.21. The normalized spacial score (nSPS) is 11.9. The van der Waals surface area contributed by atoms with Crippen LogP contribution in [0.15, 0.2) is 21.7 Å². The summed E-state index contributed by atoms with van der Waals surface area (Å²) in [6.07, 6.45) is 0.399. The SMILES string of the molecule is CN(CCC(N)=S)S(=O)(=O)c1cccs1. The van der Waals surface area contributed by atoms with Crippen molar-refractivity contribution in [3.63, 3.8) is 0 Å². The van der Waals surface area contributed by atoms with Gasteiger partial charge in [-0.1, -0.05) is 18.3 Å². The van der Waals surface area contributed by atoms with Crippen LogP contribution in [0, 0.1) is 0 Å². The molecule has 0 atom stereocenters. The van der Waals surface area contributed by atoms with Crippen molar-refractivity contribution in [2.75, 3.05) is 13.6 Å². The third-order valence-corrected chi connectivity index (χ3v) is 5.27. The smallest absolute Gasteiger partial charge is 0.252 e. The Morgan fingerprint density at radius 3 is 2.80 bits per heavy atom. The van der Waals surface area contributed by atoms with Crippen molar-refractivity contribution in [3.8, 4) is 0 Å². The van der Waals surface area contributed by atoms with E-state index in [9.17, 15) is 8.42 Å². The van der Waals surface area contributed by atoms with Crippen LogP contribution >= 0.6 is 23.6 Å². The molecule has 0 amide bonds. The summed E-state index contributed by atoms with van der Waals surface area (Å²) in [6.45, 7) is 0.315. The van der Waals surface area contributed by atoms with Crippen molar-refractivity contribution < 1.29 is 8.42 Å². The highest BCUT2D eigenvalue weighted by atomic mass is 32.2. The fourth-order valence-corrected chi connectivity index (χ4v) is 3.42. The number of hydrogen-bond donors (Lipinski definition) is 1. The molecular weight excluding hydrogens is 252 g/mol. The van der Waals surface area contributed by atoms with Gasteiger partial charge in [0.1, 0.15) is 4.21 Å². The summed E-state index contributed by atoms with van der Waals surface area (Å²) in [5.41, 5.74) is 5.32. The van der Waals surface area contributed by atoms with Gasteiger partial charge in [-0.3, -0.25) is 0 Å². The molecular formula is C8H12N2O2S3. The topological polar surface area (TPSA) is 63.4 Å². The number of nitrogens with zero attached hydrogens (tertiary/aromatic N) is 1. The summed E-state index contributed by atoms with van der Waals surface area (Å²) >= 11 is 5.89. The monoisotopic (exact) mass is 264 g/mol. The Hall–Kier alpha value is -0.500. The molecule has 1 aromatic rings. The number of thiophene rings is 1. The molecule has 2 N–H and O–H groups in total. The molecule has 1 aromatic heterocycles. The average molecular weight is 264 g/mol. The molecule has 1 heterocycles. The molecule has 84 valence electrons. The second kappa shape index (κ2) is 5.02. The zero-order valence-corrected chi connectivity index (χ0v) is 10.7. The maximum Gasteiger partial charge on any atom is 0.252 e. The van der Waals surface area contributed by atoms with Gasteiger partial charge in [0, 0.05) is 20.0 Å². The predicted molar refractivity (Wildman–Crippen MR) is 65.5 cm³/mol. The Morgan fingerprint density at radius 1 is 1.67 bits per heavy atom. The predicted octanol–water partition coefficient (Wildman–Crippen LogP) is 1.04. The molecule has 0 unspecified atom stereocenters. The third kappa shape index (κ3) is 3.23. The first-order valence-corrected chi connectivity index (χ1v) is 6.95. The number of hydrogen-bond acceptors (Lipinski definition) is 4. The van der Waals surface area contributed by atoms with Crippen LogP contribution in [0.25, 0.3) is 0 Å². The first-order chi connectivity index (χ1) is 6.94. The number of nitrogens with two attached hydrogens (primary N) is 1. The van der Waals surface area contributed by atoms with Crippen LogP contribution < -0.4 is 5.73 Å². The molecule has 0 aliphatic carbocycles. The molecule has 0 saturated carbocycles. The molecule has 0 saturated heterocycles. The van der Waals surface area contributed by atoms with Gasteiger partial charge >= 0.3 is 0 Å². The Balaban J connectivity index is 2.75. The second-order valence-electron chi connectivity index (χ2n) is 2.97. The minimum atomic E-state index is -3.35. The van der Waals surface area contributed by atoms with Gasteiger partial charge in [-0.15, -0.1) is 11.3 Å². The summed E-state index contributed by atoms with van der Waals surface area (Å²) in [6, 6.07) is 3.29. The fraction of sp³-hybridized carbons (Fsp3) is 0.375. The van der Waals surface area contributed by atoms with Crippen molar-refractivity contribution in [2.24, 2.45) is 5.73 Å². The molecule has 15 heavy (non-hydrogen) atoms. The zero-order chi connectivity index (χ0) is 11.5. The molecule has 7 heteroatoms. The van der Waals surface area contributed by atoms with E-state index in [1.54, 1.807) is 17.5 Å². The largest absolute Gasteiger partial charge is 0.393 e. The minimum absolute atomic E-state index is 0.315. The maximum atomic E-state index is 11.9. The summed E-state index contributed by atoms with van der Waals surface area (Å²) in [4.78, 5) is 0.322. The van der Waals surface area contributed by atoms with Crippen molar-refractivity contribution in [3.05, 3.63) is 17.5 Å². The highest BCUT2D eigenvalue weighted by Crippen LogP contribution is 2.19. The van der Waals surface area contributed by atoms with Gasteiger partial charge in [0.25, 0.3) is 10.0 Å². The van der Waals surface area contributed by atoms with Crippen LogP contribution in [0.3, 0.4) is 0 Å². The van der Waals surface area contributed by atoms with Gasteiger partial charge < -0.3 is 5.73 Å². The van der Waals surface area contributed by atoms with E-state index in [-0.39, 0.29) is 0 Å².